The van der Waals surface area contributed by atoms with E-state index in [1.807, 2.05) is 6.07 Å². The molecule has 3 unspecified atom stereocenters. The molecule has 14 heteroatoms. The summed E-state index contributed by atoms with van der Waals surface area (Å²) in [5.41, 5.74) is 1.37. The monoisotopic (exact) mass is 573 g/mol. The summed E-state index contributed by atoms with van der Waals surface area (Å²) in [5.74, 6) is 0.222. The van der Waals surface area contributed by atoms with Crippen LogP contribution in [-0.2, 0) is 36.7 Å². The van der Waals surface area contributed by atoms with Gasteiger partial charge in [0, 0.05) is 13.1 Å². The average Bonchev–Trinajstić information content (AvgIpc) is 3.53. The number of thioether (sulfide) groups is 1. The van der Waals surface area contributed by atoms with Crippen molar-refractivity contribution in [3.63, 3.8) is 0 Å². The van der Waals surface area contributed by atoms with E-state index in [9.17, 15) is 23.6 Å². The first-order valence-electron chi connectivity index (χ1n) is 12.8. The van der Waals surface area contributed by atoms with Crippen molar-refractivity contribution < 1.29 is 37.8 Å². The molecule has 40 heavy (non-hydrogen) atoms. The van der Waals surface area contributed by atoms with Gasteiger partial charge in [0.1, 0.15) is 29.3 Å². The maximum Gasteiger partial charge on any atom is 0.415 e. The summed E-state index contributed by atoms with van der Waals surface area (Å²) in [6.07, 6.45) is -0.569. The summed E-state index contributed by atoms with van der Waals surface area (Å²) in [7, 11) is 1.37. The molecule has 212 valence electrons. The SMILES string of the molecule is CNC(=O)C(OC=O)Oc1cc(F)c2c(c1)CC(CNCCC1CN(c3ccc4c(n3)NC(=O)CS4)C(=O)O1)C2. The van der Waals surface area contributed by atoms with E-state index in [1.165, 1.54) is 29.8 Å². The molecule has 1 aliphatic carbocycles. The molecular formula is C26H28FN5O7S. The van der Waals surface area contributed by atoms with Gasteiger partial charge in [-0.25, -0.2) is 14.2 Å². The number of halogens is 1. The first-order valence-corrected chi connectivity index (χ1v) is 13.7. The molecule has 3 heterocycles. The van der Waals surface area contributed by atoms with E-state index in [-0.39, 0.29) is 30.2 Å². The first-order chi connectivity index (χ1) is 19.3. The van der Waals surface area contributed by atoms with E-state index < -0.39 is 24.1 Å². The zero-order valence-corrected chi connectivity index (χ0v) is 22.4. The van der Waals surface area contributed by atoms with Gasteiger partial charge in [-0.1, -0.05) is 0 Å². The highest BCUT2D eigenvalue weighted by molar-refractivity contribution is 8.00. The van der Waals surface area contributed by atoms with E-state index >= 15 is 0 Å². The number of ether oxygens (including phenoxy) is 3. The molecule has 2 aliphatic heterocycles. The van der Waals surface area contributed by atoms with Gasteiger partial charge in [0.15, 0.2) is 0 Å². The third-order valence-corrected chi connectivity index (χ3v) is 7.88. The van der Waals surface area contributed by atoms with Crippen LogP contribution in [-0.4, -0.2) is 74.2 Å². The highest BCUT2D eigenvalue weighted by Crippen LogP contribution is 2.34. The Morgan fingerprint density at radius 1 is 1.35 bits per heavy atom. The van der Waals surface area contributed by atoms with Crippen LogP contribution in [0, 0.1) is 11.7 Å². The number of hydrogen-bond donors (Lipinski definition) is 3. The second-order valence-corrected chi connectivity index (χ2v) is 10.6. The molecule has 12 nitrogen and oxygen atoms in total. The summed E-state index contributed by atoms with van der Waals surface area (Å²) in [5, 5.41) is 8.42. The number of hydrogen-bond acceptors (Lipinski definition) is 10. The fourth-order valence-electron chi connectivity index (χ4n) is 4.93. The van der Waals surface area contributed by atoms with Gasteiger partial charge in [-0.2, -0.15) is 0 Å². The van der Waals surface area contributed by atoms with Crippen LogP contribution in [0.3, 0.4) is 0 Å². The molecular weight excluding hydrogens is 545 g/mol. The number of pyridine rings is 1. The normalized spacial score (nSPS) is 20.2. The minimum Gasteiger partial charge on any atom is -0.446 e. The number of cyclic esters (lactones) is 1. The maximum absolute atomic E-state index is 14.8. The summed E-state index contributed by atoms with van der Waals surface area (Å²) in [4.78, 5) is 53.4. The van der Waals surface area contributed by atoms with Gasteiger partial charge in [-0.3, -0.25) is 19.3 Å². The number of carbonyl (C=O) groups is 4. The largest absolute Gasteiger partial charge is 0.446 e. The molecule has 1 aromatic carbocycles. The van der Waals surface area contributed by atoms with Gasteiger partial charge in [0.25, 0.3) is 6.47 Å². The van der Waals surface area contributed by atoms with Gasteiger partial charge < -0.3 is 30.2 Å². The maximum atomic E-state index is 14.8. The lowest BCUT2D eigenvalue weighted by Gasteiger charge is -2.18. The Bertz CT molecular complexity index is 1330. The third kappa shape index (κ3) is 6.12. The van der Waals surface area contributed by atoms with Crippen LogP contribution in [0.4, 0.5) is 20.8 Å². The molecule has 0 spiro atoms. The fraction of sp³-hybridized carbons (Fsp3) is 0.423. The molecule has 0 radical (unpaired) electrons. The summed E-state index contributed by atoms with van der Waals surface area (Å²) in [6, 6.07) is 6.42. The Morgan fingerprint density at radius 2 is 2.20 bits per heavy atom. The highest BCUT2D eigenvalue weighted by Gasteiger charge is 2.34. The van der Waals surface area contributed by atoms with Gasteiger partial charge >= 0.3 is 18.3 Å². The van der Waals surface area contributed by atoms with E-state index in [0.29, 0.717) is 61.8 Å². The number of anilines is 2. The lowest BCUT2D eigenvalue weighted by atomic mass is 10.1. The number of carbonyl (C=O) groups excluding carboxylic acids is 4. The smallest absolute Gasteiger partial charge is 0.415 e. The number of benzene rings is 1. The first kappa shape index (κ1) is 27.6. The van der Waals surface area contributed by atoms with Gasteiger partial charge in [0.2, 0.25) is 5.91 Å². The van der Waals surface area contributed by atoms with E-state index in [1.54, 1.807) is 12.1 Å². The zero-order valence-electron chi connectivity index (χ0n) is 21.6. The van der Waals surface area contributed by atoms with Crippen molar-refractivity contribution >= 4 is 47.8 Å². The third-order valence-electron chi connectivity index (χ3n) is 6.83. The Balaban J connectivity index is 1.09. The molecule has 0 bridgehead atoms. The molecule has 3 aliphatic rings. The van der Waals surface area contributed by atoms with Crippen molar-refractivity contribution in [1.29, 1.82) is 0 Å². The molecule has 0 saturated carbocycles. The molecule has 2 aromatic rings. The van der Waals surface area contributed by atoms with Gasteiger partial charge in [-0.15, -0.1) is 11.8 Å². The predicted octanol–water partition coefficient (Wildman–Crippen LogP) is 1.61. The van der Waals surface area contributed by atoms with Crippen LogP contribution in [0.25, 0.3) is 0 Å². The highest BCUT2D eigenvalue weighted by atomic mass is 32.2. The Hall–Kier alpha value is -3.91. The number of amides is 3. The summed E-state index contributed by atoms with van der Waals surface area (Å²) in [6.45, 7) is 1.67. The van der Waals surface area contributed by atoms with Crippen LogP contribution in [0.1, 0.15) is 17.5 Å². The van der Waals surface area contributed by atoms with Crippen LogP contribution in [0.15, 0.2) is 29.2 Å². The number of fused-ring (bicyclic) bond motifs is 2. The Morgan fingerprint density at radius 3 is 3.00 bits per heavy atom. The summed E-state index contributed by atoms with van der Waals surface area (Å²) < 4.78 is 30.3. The standard InChI is InChI=1S/C26H28FN5O7S/c1-28-24(35)25(37-13-33)38-17-8-15-6-14(7-18(15)19(27)9-17)10-29-5-4-16-11-32(26(36)39-16)21-3-2-20-23(30-21)31-22(34)12-40-20/h2-3,8-9,13-14,16,25,29H,4-7,10-12H2,1H3,(H,28,35)(H,30,31,34). The lowest BCUT2D eigenvalue weighted by Crippen LogP contribution is -2.38. The lowest BCUT2D eigenvalue weighted by molar-refractivity contribution is -0.161. The Labute approximate surface area is 233 Å². The minimum atomic E-state index is -1.51. The van der Waals surface area contributed by atoms with Crippen molar-refractivity contribution in [2.45, 2.75) is 36.6 Å². The molecule has 1 aromatic heterocycles. The number of rotatable bonds is 11. The van der Waals surface area contributed by atoms with Crippen LogP contribution >= 0.6 is 11.8 Å². The molecule has 1 saturated heterocycles. The van der Waals surface area contributed by atoms with Gasteiger partial charge in [0.05, 0.1) is 17.2 Å². The van der Waals surface area contributed by atoms with Crippen LogP contribution in [0.2, 0.25) is 0 Å². The topological polar surface area (TPSA) is 148 Å². The number of aromatic nitrogens is 1. The van der Waals surface area contributed by atoms with Crippen molar-refractivity contribution in [2.75, 3.05) is 42.7 Å². The second-order valence-electron chi connectivity index (χ2n) is 9.58. The Kier molecular flexibility index (Phi) is 8.35. The number of nitrogens with one attached hydrogen (secondary N) is 3. The van der Waals surface area contributed by atoms with E-state index in [2.05, 4.69) is 25.7 Å². The summed E-state index contributed by atoms with van der Waals surface area (Å²) >= 11 is 1.40. The van der Waals surface area contributed by atoms with Crippen molar-refractivity contribution in [3.05, 3.63) is 41.2 Å². The molecule has 5 rings (SSSR count). The molecule has 3 N–H and O–H groups in total. The average molecular weight is 574 g/mol. The minimum absolute atomic E-state index is 0.0974. The quantitative estimate of drug-likeness (QED) is 0.206. The van der Waals surface area contributed by atoms with Crippen LogP contribution < -0.4 is 25.6 Å². The van der Waals surface area contributed by atoms with E-state index in [4.69, 9.17) is 9.47 Å². The van der Waals surface area contributed by atoms with Crippen molar-refractivity contribution in [1.82, 2.24) is 15.6 Å². The van der Waals surface area contributed by atoms with Gasteiger partial charge in [-0.05, 0) is 67.6 Å². The molecule has 3 atom stereocenters. The second kappa shape index (κ2) is 12.1. The fourth-order valence-corrected chi connectivity index (χ4v) is 5.68. The van der Waals surface area contributed by atoms with Crippen molar-refractivity contribution in [2.24, 2.45) is 5.92 Å². The molecule has 1 fully saturated rings. The predicted molar refractivity (Wildman–Crippen MR) is 142 cm³/mol. The number of nitrogens with zero attached hydrogens (tertiary/aromatic N) is 2. The molecule has 3 amide bonds. The zero-order chi connectivity index (χ0) is 28.2. The van der Waals surface area contributed by atoms with Crippen molar-refractivity contribution in [3.8, 4) is 5.75 Å². The van der Waals surface area contributed by atoms with Crippen LogP contribution in [0.5, 0.6) is 5.75 Å². The van der Waals surface area contributed by atoms with E-state index in [0.717, 1.165) is 10.5 Å². The number of likely N-dealkylation sites (N-methyl/N-ethyl adjacent to an activating group) is 1.